The fourth-order valence-corrected chi connectivity index (χ4v) is 4.15. The Morgan fingerprint density at radius 3 is 3.04 bits per heavy atom. The van der Waals surface area contributed by atoms with E-state index in [0.29, 0.717) is 12.5 Å². The minimum absolute atomic E-state index is 0.106. The molecule has 2 N–H and O–H groups in total. The van der Waals surface area contributed by atoms with Crippen LogP contribution in [0.3, 0.4) is 0 Å². The van der Waals surface area contributed by atoms with E-state index in [-0.39, 0.29) is 18.1 Å². The molecule has 0 bridgehead atoms. The van der Waals surface area contributed by atoms with Gasteiger partial charge in [-0.25, -0.2) is 9.78 Å². The van der Waals surface area contributed by atoms with Crippen molar-refractivity contribution < 1.29 is 9.53 Å². The molecule has 150 valence electrons. The Kier molecular flexibility index (Phi) is 5.17. The SMILES string of the molecule is CCC1CC(OC(=O)NCCN(C)C)CC1c1nnc2cnc3[nH]ccc3n12. The normalized spacial score (nSPS) is 22.4. The van der Waals surface area contributed by atoms with E-state index in [9.17, 15) is 4.79 Å². The van der Waals surface area contributed by atoms with E-state index < -0.39 is 0 Å². The van der Waals surface area contributed by atoms with E-state index >= 15 is 0 Å². The fourth-order valence-electron chi connectivity index (χ4n) is 4.15. The third kappa shape index (κ3) is 3.54. The number of aromatic nitrogens is 5. The van der Waals surface area contributed by atoms with Crippen LogP contribution >= 0.6 is 0 Å². The monoisotopic (exact) mass is 385 g/mol. The fraction of sp³-hybridized carbons (Fsp3) is 0.579. The minimum atomic E-state index is -0.342. The second-order valence-electron chi connectivity index (χ2n) is 7.73. The molecule has 1 amide bonds. The van der Waals surface area contributed by atoms with Gasteiger partial charge in [0.15, 0.2) is 11.3 Å². The summed E-state index contributed by atoms with van der Waals surface area (Å²) in [5.74, 6) is 1.52. The molecule has 0 radical (unpaired) electrons. The van der Waals surface area contributed by atoms with E-state index in [1.807, 2.05) is 31.3 Å². The van der Waals surface area contributed by atoms with Crippen LogP contribution in [0, 0.1) is 5.92 Å². The van der Waals surface area contributed by atoms with Gasteiger partial charge in [0.05, 0.1) is 11.7 Å². The Morgan fingerprint density at radius 1 is 1.39 bits per heavy atom. The number of amides is 1. The van der Waals surface area contributed by atoms with Gasteiger partial charge in [-0.1, -0.05) is 13.3 Å². The number of alkyl carbamates (subject to hydrolysis) is 1. The maximum absolute atomic E-state index is 12.1. The zero-order valence-electron chi connectivity index (χ0n) is 16.6. The smallest absolute Gasteiger partial charge is 0.407 e. The molecule has 1 aliphatic carbocycles. The van der Waals surface area contributed by atoms with Crippen molar-refractivity contribution in [2.75, 3.05) is 27.2 Å². The first-order valence-corrected chi connectivity index (χ1v) is 9.83. The highest BCUT2D eigenvalue weighted by molar-refractivity contribution is 5.74. The number of likely N-dealkylation sites (N-methyl/N-ethyl adjacent to an activating group) is 1. The number of hydrogen-bond donors (Lipinski definition) is 2. The molecule has 0 aliphatic heterocycles. The predicted octanol–water partition coefficient (Wildman–Crippen LogP) is 2.17. The summed E-state index contributed by atoms with van der Waals surface area (Å²) >= 11 is 0. The molecule has 28 heavy (non-hydrogen) atoms. The second-order valence-corrected chi connectivity index (χ2v) is 7.73. The van der Waals surface area contributed by atoms with Gasteiger partial charge in [0.25, 0.3) is 0 Å². The number of H-pyrrole nitrogens is 1. The van der Waals surface area contributed by atoms with Crippen molar-refractivity contribution >= 4 is 22.9 Å². The second kappa shape index (κ2) is 7.75. The average molecular weight is 385 g/mol. The van der Waals surface area contributed by atoms with E-state index in [4.69, 9.17) is 4.74 Å². The van der Waals surface area contributed by atoms with E-state index in [1.54, 1.807) is 6.20 Å². The van der Waals surface area contributed by atoms with Crippen molar-refractivity contribution in [3.8, 4) is 0 Å². The third-order valence-electron chi connectivity index (χ3n) is 5.58. The topological polar surface area (TPSA) is 100 Å². The molecule has 3 aromatic rings. The number of nitrogens with one attached hydrogen (secondary N) is 2. The Labute approximate surface area is 163 Å². The maximum atomic E-state index is 12.1. The Bertz CT molecular complexity index is 964. The molecule has 3 unspecified atom stereocenters. The quantitative estimate of drug-likeness (QED) is 0.674. The standard InChI is InChI=1S/C19H27N7O2/c1-4-12-9-13(28-19(27)21-7-8-25(2)3)10-14(12)18-24-23-16-11-22-17-15(26(16)18)5-6-20-17/h5-6,11-14,20H,4,7-10H2,1-3H3,(H,21,27). The molecule has 0 saturated heterocycles. The lowest BCUT2D eigenvalue weighted by atomic mass is 9.93. The first-order chi connectivity index (χ1) is 13.6. The zero-order chi connectivity index (χ0) is 19.7. The largest absolute Gasteiger partial charge is 0.446 e. The molecular formula is C19H27N7O2. The summed E-state index contributed by atoms with van der Waals surface area (Å²) in [4.78, 5) is 21.7. The summed E-state index contributed by atoms with van der Waals surface area (Å²) in [6.07, 6.45) is 5.76. The van der Waals surface area contributed by atoms with Crippen LogP contribution < -0.4 is 5.32 Å². The van der Waals surface area contributed by atoms with Crippen LogP contribution in [-0.4, -0.2) is 68.8 Å². The van der Waals surface area contributed by atoms with Gasteiger partial charge >= 0.3 is 6.09 Å². The number of carbonyl (C=O) groups is 1. The molecule has 1 fully saturated rings. The Hall–Kier alpha value is -2.68. The lowest BCUT2D eigenvalue weighted by molar-refractivity contribution is 0.0977. The number of nitrogens with zero attached hydrogens (tertiary/aromatic N) is 5. The van der Waals surface area contributed by atoms with Crippen LogP contribution in [0.4, 0.5) is 4.79 Å². The van der Waals surface area contributed by atoms with E-state index in [1.165, 1.54) is 0 Å². The van der Waals surface area contributed by atoms with Crippen molar-refractivity contribution in [2.45, 2.75) is 38.2 Å². The Balaban J connectivity index is 1.51. The maximum Gasteiger partial charge on any atom is 0.407 e. The molecule has 4 rings (SSSR count). The van der Waals surface area contributed by atoms with Crippen LogP contribution in [-0.2, 0) is 4.74 Å². The van der Waals surface area contributed by atoms with Gasteiger partial charge in [-0.15, -0.1) is 10.2 Å². The van der Waals surface area contributed by atoms with Crippen LogP contribution in [0.5, 0.6) is 0 Å². The highest BCUT2D eigenvalue weighted by Crippen LogP contribution is 2.42. The molecule has 9 heteroatoms. The summed E-state index contributed by atoms with van der Waals surface area (Å²) in [5, 5.41) is 11.6. The Morgan fingerprint density at radius 2 is 2.25 bits per heavy atom. The molecule has 0 spiro atoms. The number of ether oxygens (including phenoxy) is 1. The van der Waals surface area contributed by atoms with Crippen molar-refractivity contribution in [3.05, 3.63) is 24.3 Å². The summed E-state index contributed by atoms with van der Waals surface area (Å²) in [7, 11) is 3.95. The highest BCUT2D eigenvalue weighted by atomic mass is 16.6. The van der Waals surface area contributed by atoms with Gasteiger partial charge < -0.3 is 19.9 Å². The molecule has 3 atom stereocenters. The molecule has 9 nitrogen and oxygen atoms in total. The van der Waals surface area contributed by atoms with Crippen molar-refractivity contribution in [1.29, 1.82) is 0 Å². The molecule has 0 aromatic carbocycles. The third-order valence-corrected chi connectivity index (χ3v) is 5.58. The first-order valence-electron chi connectivity index (χ1n) is 9.83. The van der Waals surface area contributed by atoms with Crippen molar-refractivity contribution in [3.63, 3.8) is 0 Å². The summed E-state index contributed by atoms with van der Waals surface area (Å²) < 4.78 is 7.77. The van der Waals surface area contributed by atoms with Gasteiger partial charge in [0, 0.05) is 25.2 Å². The van der Waals surface area contributed by atoms with Gasteiger partial charge in [-0.2, -0.15) is 0 Å². The molecule has 3 aromatic heterocycles. The summed E-state index contributed by atoms with van der Waals surface area (Å²) in [6, 6.07) is 1.99. The van der Waals surface area contributed by atoms with Gasteiger partial charge in [-0.3, -0.25) is 4.40 Å². The average Bonchev–Trinajstić information content (AvgIpc) is 3.37. The molecule has 1 saturated carbocycles. The zero-order valence-corrected chi connectivity index (χ0v) is 16.6. The van der Waals surface area contributed by atoms with Gasteiger partial charge in [0.2, 0.25) is 0 Å². The number of aromatic amines is 1. The van der Waals surface area contributed by atoms with Crippen molar-refractivity contribution in [2.24, 2.45) is 5.92 Å². The number of hydrogen-bond acceptors (Lipinski definition) is 6. The van der Waals surface area contributed by atoms with Crippen LogP contribution in [0.25, 0.3) is 16.8 Å². The predicted molar refractivity (Wildman–Crippen MR) is 105 cm³/mol. The lowest BCUT2D eigenvalue weighted by Gasteiger charge is -2.15. The van der Waals surface area contributed by atoms with Crippen LogP contribution in [0.15, 0.2) is 18.5 Å². The first kappa shape index (κ1) is 18.7. The lowest BCUT2D eigenvalue weighted by Crippen LogP contribution is -2.33. The van der Waals surface area contributed by atoms with Gasteiger partial charge in [0.1, 0.15) is 11.9 Å². The molecule has 3 heterocycles. The number of carbonyl (C=O) groups excluding carboxylic acids is 1. The summed E-state index contributed by atoms with van der Waals surface area (Å²) in [5.41, 5.74) is 2.52. The van der Waals surface area contributed by atoms with Crippen molar-refractivity contribution in [1.82, 2.24) is 34.8 Å². The minimum Gasteiger partial charge on any atom is -0.446 e. The van der Waals surface area contributed by atoms with Crippen LogP contribution in [0.1, 0.15) is 37.9 Å². The van der Waals surface area contributed by atoms with Crippen LogP contribution in [0.2, 0.25) is 0 Å². The highest BCUT2D eigenvalue weighted by Gasteiger charge is 2.39. The molecular weight excluding hydrogens is 358 g/mol. The molecule has 1 aliphatic rings. The van der Waals surface area contributed by atoms with Gasteiger partial charge in [-0.05, 0) is 38.9 Å². The van der Waals surface area contributed by atoms with E-state index in [0.717, 1.165) is 48.4 Å². The number of fused-ring (bicyclic) bond motifs is 3. The summed E-state index contributed by atoms with van der Waals surface area (Å²) in [6.45, 7) is 3.53. The number of rotatable bonds is 6. The van der Waals surface area contributed by atoms with E-state index in [2.05, 4.69) is 36.8 Å².